The molecule has 2 atom stereocenters. The van der Waals surface area contributed by atoms with Gasteiger partial charge in [0, 0.05) is 19.1 Å². The highest BCUT2D eigenvalue weighted by Crippen LogP contribution is 2.28. The molecule has 96 valence electrons. The highest BCUT2D eigenvalue weighted by molar-refractivity contribution is 7.22. The summed E-state index contributed by atoms with van der Waals surface area (Å²) in [5.74, 6) is 0.610. The molecule has 4 heteroatoms. The Hall–Kier alpha value is -1.13. The molecule has 3 nitrogen and oxygen atoms in total. The summed E-state index contributed by atoms with van der Waals surface area (Å²) >= 11 is 1.73. The van der Waals surface area contributed by atoms with E-state index in [-0.39, 0.29) is 0 Å². The molecule has 3 rings (SSSR count). The van der Waals surface area contributed by atoms with Gasteiger partial charge in [0.15, 0.2) is 5.13 Å². The number of aromatic nitrogens is 1. The summed E-state index contributed by atoms with van der Waals surface area (Å²) in [7, 11) is 0. The summed E-state index contributed by atoms with van der Waals surface area (Å²) in [5.41, 5.74) is 2.36. The molecular formula is C14H18N2OS. The van der Waals surface area contributed by atoms with E-state index in [0.29, 0.717) is 12.0 Å². The zero-order chi connectivity index (χ0) is 12.5. The molecule has 1 saturated heterocycles. The van der Waals surface area contributed by atoms with Crippen LogP contribution in [0.5, 0.6) is 0 Å². The van der Waals surface area contributed by atoms with E-state index in [1.807, 2.05) is 0 Å². The fraction of sp³-hybridized carbons (Fsp3) is 0.500. The van der Waals surface area contributed by atoms with Gasteiger partial charge in [-0.25, -0.2) is 4.98 Å². The van der Waals surface area contributed by atoms with Crippen molar-refractivity contribution in [3.8, 4) is 0 Å². The van der Waals surface area contributed by atoms with Crippen LogP contribution in [-0.4, -0.2) is 24.2 Å². The minimum Gasteiger partial charge on any atom is -0.378 e. The highest BCUT2D eigenvalue weighted by atomic mass is 32.1. The average molecular weight is 262 g/mol. The lowest BCUT2D eigenvalue weighted by Gasteiger charge is -2.13. The minimum atomic E-state index is 0.370. The van der Waals surface area contributed by atoms with Gasteiger partial charge in [-0.3, -0.25) is 0 Å². The van der Waals surface area contributed by atoms with Crippen LogP contribution in [-0.2, 0) is 4.74 Å². The smallest absolute Gasteiger partial charge is 0.183 e. The Kier molecular flexibility index (Phi) is 3.22. The maximum absolute atomic E-state index is 5.57. The summed E-state index contributed by atoms with van der Waals surface area (Å²) in [5, 5.41) is 4.48. The lowest BCUT2D eigenvalue weighted by Crippen LogP contribution is -2.20. The third kappa shape index (κ3) is 2.35. The second-order valence-corrected chi connectivity index (χ2v) is 6.03. The molecule has 1 aromatic carbocycles. The summed E-state index contributed by atoms with van der Waals surface area (Å²) in [6.45, 7) is 6.11. The predicted molar refractivity (Wildman–Crippen MR) is 76.4 cm³/mol. The largest absolute Gasteiger partial charge is 0.378 e. The van der Waals surface area contributed by atoms with Crippen LogP contribution in [0.25, 0.3) is 10.2 Å². The van der Waals surface area contributed by atoms with E-state index in [1.165, 1.54) is 10.3 Å². The van der Waals surface area contributed by atoms with Crippen molar-refractivity contribution in [2.24, 2.45) is 5.92 Å². The molecule has 1 N–H and O–H groups in total. The van der Waals surface area contributed by atoms with Crippen LogP contribution < -0.4 is 5.32 Å². The first kappa shape index (κ1) is 11.9. The molecule has 18 heavy (non-hydrogen) atoms. The maximum Gasteiger partial charge on any atom is 0.183 e. The van der Waals surface area contributed by atoms with E-state index in [9.17, 15) is 0 Å². The van der Waals surface area contributed by atoms with E-state index in [0.717, 1.165) is 30.2 Å². The van der Waals surface area contributed by atoms with Crippen LogP contribution in [0.1, 0.15) is 18.9 Å². The number of rotatable bonds is 3. The van der Waals surface area contributed by atoms with Crippen LogP contribution in [0.15, 0.2) is 18.2 Å². The van der Waals surface area contributed by atoms with Crippen LogP contribution in [0.4, 0.5) is 5.13 Å². The van der Waals surface area contributed by atoms with Crippen molar-refractivity contribution in [1.29, 1.82) is 0 Å². The predicted octanol–water partition coefficient (Wildman–Crippen LogP) is 3.44. The number of thiazole rings is 1. The van der Waals surface area contributed by atoms with Gasteiger partial charge in [0.1, 0.15) is 0 Å². The molecule has 0 amide bonds. The minimum absolute atomic E-state index is 0.370. The number of nitrogens with one attached hydrogen (secondary N) is 1. The Labute approximate surface area is 111 Å². The number of aryl methyl sites for hydroxylation is 1. The maximum atomic E-state index is 5.57. The first-order chi connectivity index (χ1) is 8.72. The summed E-state index contributed by atoms with van der Waals surface area (Å²) in [6.07, 6.45) is 1.52. The van der Waals surface area contributed by atoms with Crippen molar-refractivity contribution in [1.82, 2.24) is 4.98 Å². The van der Waals surface area contributed by atoms with Crippen molar-refractivity contribution in [2.45, 2.75) is 26.4 Å². The topological polar surface area (TPSA) is 34.1 Å². The van der Waals surface area contributed by atoms with Gasteiger partial charge < -0.3 is 10.1 Å². The lowest BCUT2D eigenvalue weighted by atomic mass is 10.0. The van der Waals surface area contributed by atoms with Crippen LogP contribution in [0, 0.1) is 12.8 Å². The first-order valence-electron chi connectivity index (χ1n) is 6.45. The summed E-state index contributed by atoms with van der Waals surface area (Å²) < 4.78 is 6.82. The van der Waals surface area contributed by atoms with Crippen molar-refractivity contribution >= 4 is 26.7 Å². The van der Waals surface area contributed by atoms with Gasteiger partial charge in [0.05, 0.1) is 16.3 Å². The third-order valence-corrected chi connectivity index (χ3v) is 4.59. The zero-order valence-electron chi connectivity index (χ0n) is 10.8. The van der Waals surface area contributed by atoms with E-state index in [2.05, 4.69) is 42.3 Å². The van der Waals surface area contributed by atoms with E-state index >= 15 is 0 Å². The molecule has 2 heterocycles. The van der Waals surface area contributed by atoms with Crippen LogP contribution in [0.3, 0.4) is 0 Å². The Morgan fingerprint density at radius 3 is 3.17 bits per heavy atom. The molecule has 0 aliphatic carbocycles. The normalized spacial score (nSPS) is 23.7. The number of nitrogens with zero attached hydrogens (tertiary/aromatic N) is 1. The number of ether oxygens (including phenoxy) is 1. The molecule has 2 aromatic rings. The average Bonchev–Trinajstić information content (AvgIpc) is 2.92. The third-order valence-electron chi connectivity index (χ3n) is 3.59. The quantitative estimate of drug-likeness (QED) is 0.920. The van der Waals surface area contributed by atoms with E-state index in [1.54, 1.807) is 11.3 Å². The molecular weight excluding hydrogens is 244 g/mol. The number of benzene rings is 1. The van der Waals surface area contributed by atoms with E-state index < -0.39 is 0 Å². The Morgan fingerprint density at radius 1 is 1.50 bits per heavy atom. The van der Waals surface area contributed by atoms with Gasteiger partial charge in [-0.1, -0.05) is 17.4 Å². The molecule has 1 aliphatic rings. The van der Waals surface area contributed by atoms with Gasteiger partial charge in [-0.15, -0.1) is 0 Å². The second-order valence-electron chi connectivity index (χ2n) is 5.00. The zero-order valence-corrected chi connectivity index (χ0v) is 11.6. The summed E-state index contributed by atoms with van der Waals surface area (Å²) in [6, 6.07) is 6.42. The highest BCUT2D eigenvalue weighted by Gasteiger charge is 2.23. The monoisotopic (exact) mass is 262 g/mol. The SMILES string of the molecule is Cc1ccc2sc(NCC3CCOC3C)nc2c1. The molecule has 0 radical (unpaired) electrons. The Bertz CT molecular complexity index is 552. The molecule has 0 spiro atoms. The van der Waals surface area contributed by atoms with E-state index in [4.69, 9.17) is 4.74 Å². The van der Waals surface area contributed by atoms with Crippen LogP contribution >= 0.6 is 11.3 Å². The molecule has 0 saturated carbocycles. The van der Waals surface area contributed by atoms with Gasteiger partial charge >= 0.3 is 0 Å². The fourth-order valence-electron chi connectivity index (χ4n) is 2.38. The molecule has 1 aromatic heterocycles. The fourth-order valence-corrected chi connectivity index (χ4v) is 3.23. The number of hydrogen-bond acceptors (Lipinski definition) is 4. The molecule has 1 aliphatic heterocycles. The van der Waals surface area contributed by atoms with Crippen LogP contribution in [0.2, 0.25) is 0 Å². The number of fused-ring (bicyclic) bond motifs is 1. The second kappa shape index (κ2) is 4.86. The van der Waals surface area contributed by atoms with Crippen molar-refractivity contribution in [3.63, 3.8) is 0 Å². The van der Waals surface area contributed by atoms with Gasteiger partial charge in [0.2, 0.25) is 0 Å². The number of anilines is 1. The Morgan fingerprint density at radius 2 is 2.39 bits per heavy atom. The first-order valence-corrected chi connectivity index (χ1v) is 7.27. The van der Waals surface area contributed by atoms with Gasteiger partial charge in [0.25, 0.3) is 0 Å². The summed E-state index contributed by atoms with van der Waals surface area (Å²) in [4.78, 5) is 4.63. The van der Waals surface area contributed by atoms with Gasteiger partial charge in [-0.05, 0) is 38.0 Å². The standard InChI is InChI=1S/C14H18N2OS/c1-9-3-4-13-12(7-9)16-14(18-13)15-8-11-5-6-17-10(11)2/h3-4,7,10-11H,5-6,8H2,1-2H3,(H,15,16). The van der Waals surface area contributed by atoms with Crippen molar-refractivity contribution in [3.05, 3.63) is 23.8 Å². The van der Waals surface area contributed by atoms with Gasteiger partial charge in [-0.2, -0.15) is 0 Å². The van der Waals surface area contributed by atoms with Crippen molar-refractivity contribution < 1.29 is 4.74 Å². The molecule has 1 fully saturated rings. The Balaban J connectivity index is 1.71. The number of hydrogen-bond donors (Lipinski definition) is 1. The van der Waals surface area contributed by atoms with Crippen molar-refractivity contribution in [2.75, 3.05) is 18.5 Å². The molecule has 2 unspecified atom stereocenters. The molecule has 0 bridgehead atoms. The lowest BCUT2D eigenvalue weighted by molar-refractivity contribution is 0.108.